The fourth-order valence-electron chi connectivity index (χ4n) is 3.85. The van der Waals surface area contributed by atoms with E-state index in [4.69, 9.17) is 0 Å². The van der Waals surface area contributed by atoms with E-state index < -0.39 is 0 Å². The van der Waals surface area contributed by atoms with Crippen molar-refractivity contribution < 1.29 is 4.79 Å². The molecule has 5 nitrogen and oxygen atoms in total. The largest absolute Gasteiger partial charge is 0.352 e. The zero-order valence-electron chi connectivity index (χ0n) is 16.2. The number of amides is 1. The summed E-state index contributed by atoms with van der Waals surface area (Å²) >= 11 is 0. The van der Waals surface area contributed by atoms with Crippen molar-refractivity contribution in [2.45, 2.75) is 52.5 Å². The van der Waals surface area contributed by atoms with Gasteiger partial charge in [0.1, 0.15) is 0 Å². The monoisotopic (exact) mass is 354 g/mol. The number of carbonyl (C=O) groups is 1. The molecular weight excluding hydrogens is 324 g/mol. The zero-order valence-corrected chi connectivity index (χ0v) is 16.2. The van der Waals surface area contributed by atoms with Gasteiger partial charge in [0.05, 0.1) is 22.6 Å². The smallest absolute Gasteiger partial charge is 0.255 e. The van der Waals surface area contributed by atoms with Crippen molar-refractivity contribution in [2.75, 3.05) is 19.6 Å². The molecule has 1 aliphatic heterocycles. The summed E-state index contributed by atoms with van der Waals surface area (Å²) in [5.41, 5.74) is 3.33. The third kappa shape index (κ3) is 4.15. The molecular formula is C21H30N4O. The summed E-state index contributed by atoms with van der Waals surface area (Å²) in [6.45, 7) is 9.12. The number of hydrogen-bond donors (Lipinski definition) is 1. The minimum Gasteiger partial charge on any atom is -0.352 e. The van der Waals surface area contributed by atoms with Gasteiger partial charge >= 0.3 is 0 Å². The first-order valence-corrected chi connectivity index (χ1v) is 9.72. The second-order valence-corrected chi connectivity index (χ2v) is 7.28. The molecule has 0 saturated carbocycles. The quantitative estimate of drug-likeness (QED) is 0.808. The summed E-state index contributed by atoms with van der Waals surface area (Å²) < 4.78 is 1.85. The summed E-state index contributed by atoms with van der Waals surface area (Å²) in [4.78, 5) is 15.2. The molecule has 1 aromatic carbocycles. The maximum atomic E-state index is 12.7. The molecule has 0 unspecified atom stereocenters. The number of likely N-dealkylation sites (tertiary alicyclic amines) is 1. The van der Waals surface area contributed by atoms with Gasteiger partial charge < -0.3 is 10.2 Å². The van der Waals surface area contributed by atoms with Crippen LogP contribution in [0.3, 0.4) is 0 Å². The second-order valence-electron chi connectivity index (χ2n) is 7.28. The molecule has 140 valence electrons. The van der Waals surface area contributed by atoms with Crippen LogP contribution in [-0.2, 0) is 0 Å². The van der Waals surface area contributed by atoms with Gasteiger partial charge in [-0.05, 0) is 58.7 Å². The van der Waals surface area contributed by atoms with E-state index >= 15 is 0 Å². The number of rotatable bonds is 6. The van der Waals surface area contributed by atoms with E-state index in [0.29, 0.717) is 18.2 Å². The Bertz CT molecular complexity index is 738. The van der Waals surface area contributed by atoms with E-state index in [-0.39, 0.29) is 5.91 Å². The number of nitrogens with one attached hydrogen (secondary N) is 1. The van der Waals surface area contributed by atoms with E-state index in [2.05, 4.69) is 22.2 Å². The molecule has 1 fully saturated rings. The Balaban J connectivity index is 1.57. The molecule has 2 heterocycles. The number of benzene rings is 1. The molecule has 1 aromatic heterocycles. The van der Waals surface area contributed by atoms with Crippen molar-refractivity contribution >= 4 is 5.91 Å². The van der Waals surface area contributed by atoms with Crippen LogP contribution < -0.4 is 5.32 Å². The Morgan fingerprint density at radius 3 is 2.73 bits per heavy atom. The molecule has 1 N–H and O–H groups in total. The summed E-state index contributed by atoms with van der Waals surface area (Å²) in [6.07, 6.45) is 4.93. The van der Waals surface area contributed by atoms with Crippen molar-refractivity contribution in [1.82, 2.24) is 20.0 Å². The van der Waals surface area contributed by atoms with Crippen LogP contribution in [0.5, 0.6) is 0 Å². The average molecular weight is 354 g/mol. The van der Waals surface area contributed by atoms with Crippen LogP contribution in [0.15, 0.2) is 30.3 Å². The van der Waals surface area contributed by atoms with Gasteiger partial charge in [0.25, 0.3) is 5.91 Å². The lowest BCUT2D eigenvalue weighted by Gasteiger charge is -2.33. The van der Waals surface area contributed by atoms with Crippen LogP contribution >= 0.6 is 0 Å². The SMILES string of the molecule is Cc1nn(-c2ccccc2)c(C)c1C(=O)NCCCN1CCCC[C@@H]1C. The van der Waals surface area contributed by atoms with Gasteiger partial charge in [-0.15, -0.1) is 0 Å². The number of carbonyl (C=O) groups excluding carboxylic acids is 1. The predicted octanol–water partition coefficient (Wildman–Crippen LogP) is 3.48. The van der Waals surface area contributed by atoms with E-state index in [1.165, 1.54) is 25.8 Å². The maximum absolute atomic E-state index is 12.7. The summed E-state index contributed by atoms with van der Waals surface area (Å²) in [5, 5.41) is 7.64. The highest BCUT2D eigenvalue weighted by Crippen LogP contribution is 2.18. The number of aromatic nitrogens is 2. The number of hydrogen-bond acceptors (Lipinski definition) is 3. The van der Waals surface area contributed by atoms with Crippen molar-refractivity contribution in [3.63, 3.8) is 0 Å². The Hall–Kier alpha value is -2.14. The minimum absolute atomic E-state index is 0.0196. The van der Waals surface area contributed by atoms with Crippen LogP contribution in [-0.4, -0.2) is 46.3 Å². The van der Waals surface area contributed by atoms with Gasteiger partial charge in [-0.1, -0.05) is 24.6 Å². The molecule has 0 aliphatic carbocycles. The molecule has 26 heavy (non-hydrogen) atoms. The topological polar surface area (TPSA) is 50.2 Å². The summed E-state index contributed by atoms with van der Waals surface area (Å²) in [7, 11) is 0. The first-order chi connectivity index (χ1) is 12.6. The zero-order chi connectivity index (χ0) is 18.5. The number of para-hydroxylation sites is 1. The third-order valence-electron chi connectivity index (χ3n) is 5.37. The highest BCUT2D eigenvalue weighted by Gasteiger charge is 2.20. The number of aryl methyl sites for hydroxylation is 1. The summed E-state index contributed by atoms with van der Waals surface area (Å²) in [6, 6.07) is 10.6. The lowest BCUT2D eigenvalue weighted by atomic mass is 10.0. The average Bonchev–Trinajstić information content (AvgIpc) is 2.95. The second kappa shape index (κ2) is 8.49. The van der Waals surface area contributed by atoms with Gasteiger partial charge in [0.2, 0.25) is 0 Å². The molecule has 1 amide bonds. The highest BCUT2D eigenvalue weighted by atomic mass is 16.1. The van der Waals surface area contributed by atoms with Crippen LogP contribution in [0.25, 0.3) is 5.69 Å². The number of nitrogens with zero attached hydrogens (tertiary/aromatic N) is 3. The van der Waals surface area contributed by atoms with Gasteiger partial charge in [-0.25, -0.2) is 4.68 Å². The molecule has 0 spiro atoms. The molecule has 5 heteroatoms. The van der Waals surface area contributed by atoms with E-state index in [9.17, 15) is 4.79 Å². The van der Waals surface area contributed by atoms with Crippen molar-refractivity contribution in [3.8, 4) is 5.69 Å². The standard InChI is InChI=1S/C21H30N4O/c1-16-10-7-8-14-24(16)15-9-13-22-21(26)20-17(2)23-25(18(20)3)19-11-5-4-6-12-19/h4-6,11-12,16H,7-10,13-15H2,1-3H3,(H,22,26)/t16-/m0/s1. The van der Waals surface area contributed by atoms with Crippen LogP contribution in [0.4, 0.5) is 0 Å². The molecule has 2 aromatic rings. The van der Waals surface area contributed by atoms with Gasteiger partial charge in [-0.3, -0.25) is 4.79 Å². The first-order valence-electron chi connectivity index (χ1n) is 9.72. The lowest BCUT2D eigenvalue weighted by Crippen LogP contribution is -2.39. The van der Waals surface area contributed by atoms with E-state index in [1.807, 2.05) is 48.9 Å². The molecule has 3 rings (SSSR count). The van der Waals surface area contributed by atoms with Crippen LogP contribution in [0.2, 0.25) is 0 Å². The Kier molecular flexibility index (Phi) is 6.09. The molecule has 1 saturated heterocycles. The minimum atomic E-state index is -0.0196. The fourth-order valence-corrected chi connectivity index (χ4v) is 3.85. The molecule has 1 atom stereocenters. The molecule has 0 radical (unpaired) electrons. The molecule has 0 bridgehead atoms. The van der Waals surface area contributed by atoms with E-state index in [1.54, 1.807) is 0 Å². The van der Waals surface area contributed by atoms with Crippen LogP contribution in [0.1, 0.15) is 54.4 Å². The van der Waals surface area contributed by atoms with Crippen molar-refractivity contribution in [2.24, 2.45) is 0 Å². The Morgan fingerprint density at radius 1 is 1.23 bits per heavy atom. The van der Waals surface area contributed by atoms with Crippen molar-refractivity contribution in [1.29, 1.82) is 0 Å². The van der Waals surface area contributed by atoms with Gasteiger partial charge in [0, 0.05) is 19.1 Å². The molecule has 1 aliphatic rings. The summed E-state index contributed by atoms with van der Waals surface area (Å²) in [5.74, 6) is -0.0196. The number of piperidine rings is 1. The highest BCUT2D eigenvalue weighted by molar-refractivity contribution is 5.96. The van der Waals surface area contributed by atoms with Crippen LogP contribution in [0, 0.1) is 13.8 Å². The Labute approximate surface area is 156 Å². The van der Waals surface area contributed by atoms with Gasteiger partial charge in [-0.2, -0.15) is 5.10 Å². The van der Waals surface area contributed by atoms with Crippen molar-refractivity contribution in [3.05, 3.63) is 47.3 Å². The maximum Gasteiger partial charge on any atom is 0.255 e. The first kappa shape index (κ1) is 18.6. The predicted molar refractivity (Wildman–Crippen MR) is 105 cm³/mol. The third-order valence-corrected chi connectivity index (χ3v) is 5.37. The van der Waals surface area contributed by atoms with Gasteiger partial charge in [0.15, 0.2) is 0 Å². The lowest BCUT2D eigenvalue weighted by molar-refractivity contribution is 0.0947. The Morgan fingerprint density at radius 2 is 2.00 bits per heavy atom. The normalized spacial score (nSPS) is 18.0. The van der Waals surface area contributed by atoms with E-state index in [0.717, 1.165) is 30.0 Å². The fraction of sp³-hybridized carbons (Fsp3) is 0.524.